The van der Waals surface area contributed by atoms with Gasteiger partial charge < -0.3 is 16.0 Å². The third-order valence-electron chi connectivity index (χ3n) is 3.75. The van der Waals surface area contributed by atoms with Gasteiger partial charge in [-0.15, -0.1) is 0 Å². The van der Waals surface area contributed by atoms with E-state index in [-0.39, 0.29) is 0 Å². The van der Waals surface area contributed by atoms with E-state index in [4.69, 9.17) is 11.0 Å². The first-order valence-corrected chi connectivity index (χ1v) is 6.36. The Morgan fingerprint density at radius 2 is 2.28 bits per heavy atom. The molecule has 0 aliphatic carbocycles. The van der Waals surface area contributed by atoms with Crippen molar-refractivity contribution in [2.24, 2.45) is 0 Å². The number of anilines is 2. The van der Waals surface area contributed by atoms with Crippen molar-refractivity contribution in [2.75, 3.05) is 24.6 Å². The maximum absolute atomic E-state index is 8.91. The van der Waals surface area contributed by atoms with Crippen LogP contribution in [-0.4, -0.2) is 30.6 Å². The van der Waals surface area contributed by atoms with E-state index in [0.717, 1.165) is 25.1 Å². The largest absolute Gasteiger partial charge is 0.397 e. The fourth-order valence-corrected chi connectivity index (χ4v) is 2.39. The van der Waals surface area contributed by atoms with Gasteiger partial charge in [-0.2, -0.15) is 5.26 Å². The zero-order valence-corrected chi connectivity index (χ0v) is 11.0. The van der Waals surface area contributed by atoms with Gasteiger partial charge in [0.1, 0.15) is 0 Å². The highest BCUT2D eigenvalue weighted by molar-refractivity contribution is 5.68. The van der Waals surface area contributed by atoms with Crippen molar-refractivity contribution in [3.05, 3.63) is 23.8 Å². The van der Waals surface area contributed by atoms with E-state index in [0.29, 0.717) is 23.3 Å². The lowest BCUT2D eigenvalue weighted by Gasteiger charge is -2.36. The molecule has 0 amide bonds. The molecule has 0 spiro atoms. The minimum absolute atomic E-state index is 0.437. The Labute approximate surface area is 108 Å². The molecule has 1 fully saturated rings. The standard InChI is InChI=1S/C14H20N4/c1-10-7-12(5-6-18(10)2)17-14-8-11(9-15)3-4-13(14)16/h3-4,8,10,12,17H,5-7,16H2,1-2H3. The van der Waals surface area contributed by atoms with Gasteiger partial charge in [-0.25, -0.2) is 0 Å². The molecule has 0 saturated carbocycles. The molecule has 0 bridgehead atoms. The zero-order valence-electron chi connectivity index (χ0n) is 11.0. The lowest BCUT2D eigenvalue weighted by atomic mass is 9.98. The molecule has 4 nitrogen and oxygen atoms in total. The van der Waals surface area contributed by atoms with Crippen LogP contribution in [0.15, 0.2) is 18.2 Å². The summed E-state index contributed by atoms with van der Waals surface area (Å²) in [4.78, 5) is 2.37. The molecular weight excluding hydrogens is 224 g/mol. The molecule has 18 heavy (non-hydrogen) atoms. The summed E-state index contributed by atoms with van der Waals surface area (Å²) in [5, 5.41) is 12.4. The van der Waals surface area contributed by atoms with Crippen molar-refractivity contribution in [1.82, 2.24) is 4.90 Å². The van der Waals surface area contributed by atoms with Crippen LogP contribution in [0.3, 0.4) is 0 Å². The van der Waals surface area contributed by atoms with Gasteiger partial charge >= 0.3 is 0 Å². The van der Waals surface area contributed by atoms with Crippen LogP contribution in [0.25, 0.3) is 0 Å². The molecule has 2 rings (SSSR count). The number of nitrogens with zero attached hydrogens (tertiary/aromatic N) is 2. The first kappa shape index (κ1) is 12.7. The summed E-state index contributed by atoms with van der Waals surface area (Å²) >= 11 is 0. The van der Waals surface area contributed by atoms with E-state index in [1.807, 2.05) is 6.07 Å². The van der Waals surface area contributed by atoms with Crippen molar-refractivity contribution in [3.63, 3.8) is 0 Å². The average Bonchev–Trinajstić information content (AvgIpc) is 2.36. The number of hydrogen-bond acceptors (Lipinski definition) is 4. The highest BCUT2D eigenvalue weighted by Crippen LogP contribution is 2.24. The van der Waals surface area contributed by atoms with Crippen LogP contribution in [0.1, 0.15) is 25.3 Å². The van der Waals surface area contributed by atoms with Gasteiger partial charge in [-0.05, 0) is 45.0 Å². The van der Waals surface area contributed by atoms with E-state index in [1.165, 1.54) is 0 Å². The topological polar surface area (TPSA) is 65.1 Å². The molecule has 0 aromatic heterocycles. The molecule has 2 unspecified atom stereocenters. The molecule has 4 heteroatoms. The van der Waals surface area contributed by atoms with Gasteiger partial charge in [0.25, 0.3) is 0 Å². The van der Waals surface area contributed by atoms with Crippen LogP contribution in [0.4, 0.5) is 11.4 Å². The van der Waals surface area contributed by atoms with E-state index in [9.17, 15) is 0 Å². The van der Waals surface area contributed by atoms with Crippen LogP contribution in [-0.2, 0) is 0 Å². The Bertz CT molecular complexity index is 463. The number of likely N-dealkylation sites (tertiary alicyclic amines) is 1. The maximum Gasteiger partial charge on any atom is 0.0992 e. The summed E-state index contributed by atoms with van der Waals surface area (Å²) in [6.45, 7) is 3.33. The Kier molecular flexibility index (Phi) is 3.73. The molecule has 0 radical (unpaired) electrons. The van der Waals surface area contributed by atoms with Gasteiger partial charge in [-0.1, -0.05) is 0 Å². The highest BCUT2D eigenvalue weighted by Gasteiger charge is 2.22. The van der Waals surface area contributed by atoms with Crippen molar-refractivity contribution < 1.29 is 0 Å². The fraction of sp³-hybridized carbons (Fsp3) is 0.500. The van der Waals surface area contributed by atoms with Crippen LogP contribution < -0.4 is 11.1 Å². The molecule has 3 N–H and O–H groups in total. The highest BCUT2D eigenvalue weighted by atomic mass is 15.1. The minimum Gasteiger partial charge on any atom is -0.397 e. The SMILES string of the molecule is CC1CC(Nc2cc(C#N)ccc2N)CCN1C. The summed E-state index contributed by atoms with van der Waals surface area (Å²) in [6, 6.07) is 8.53. The number of rotatable bonds is 2. The second-order valence-corrected chi connectivity index (χ2v) is 5.11. The molecule has 1 heterocycles. The summed E-state index contributed by atoms with van der Waals surface area (Å²) in [7, 11) is 2.16. The second kappa shape index (κ2) is 5.28. The van der Waals surface area contributed by atoms with E-state index in [2.05, 4.69) is 30.3 Å². The van der Waals surface area contributed by atoms with E-state index in [1.54, 1.807) is 12.1 Å². The normalized spacial score (nSPS) is 24.5. The van der Waals surface area contributed by atoms with Gasteiger partial charge in [-0.3, -0.25) is 0 Å². The molecule has 1 aliphatic rings. The Morgan fingerprint density at radius 3 is 2.94 bits per heavy atom. The van der Waals surface area contributed by atoms with Crippen LogP contribution in [0.5, 0.6) is 0 Å². The third kappa shape index (κ3) is 2.74. The van der Waals surface area contributed by atoms with Gasteiger partial charge in [0.15, 0.2) is 0 Å². The lowest BCUT2D eigenvalue weighted by molar-refractivity contribution is 0.190. The summed E-state index contributed by atoms with van der Waals surface area (Å²) in [6.07, 6.45) is 2.21. The van der Waals surface area contributed by atoms with E-state index >= 15 is 0 Å². The molecule has 1 aromatic carbocycles. The average molecular weight is 244 g/mol. The Balaban J connectivity index is 2.08. The quantitative estimate of drug-likeness (QED) is 0.781. The predicted octanol–water partition coefficient (Wildman–Crippen LogP) is 2.04. The van der Waals surface area contributed by atoms with Gasteiger partial charge in [0.2, 0.25) is 0 Å². The Morgan fingerprint density at radius 1 is 1.50 bits per heavy atom. The number of nitriles is 1. The molecule has 1 saturated heterocycles. The van der Waals surface area contributed by atoms with Crippen LogP contribution >= 0.6 is 0 Å². The van der Waals surface area contributed by atoms with Gasteiger partial charge in [0.05, 0.1) is 23.0 Å². The number of nitrogens with two attached hydrogens (primary N) is 1. The van der Waals surface area contributed by atoms with Crippen LogP contribution in [0, 0.1) is 11.3 Å². The molecule has 1 aliphatic heterocycles. The summed E-state index contributed by atoms with van der Waals surface area (Å²) < 4.78 is 0. The lowest BCUT2D eigenvalue weighted by Crippen LogP contribution is -2.42. The van der Waals surface area contributed by atoms with Crippen molar-refractivity contribution in [2.45, 2.75) is 31.8 Å². The zero-order chi connectivity index (χ0) is 13.1. The van der Waals surface area contributed by atoms with Crippen LogP contribution in [0.2, 0.25) is 0 Å². The number of benzene rings is 1. The van der Waals surface area contributed by atoms with Crippen molar-refractivity contribution >= 4 is 11.4 Å². The van der Waals surface area contributed by atoms with Crippen molar-refractivity contribution in [1.29, 1.82) is 5.26 Å². The summed E-state index contributed by atoms with van der Waals surface area (Å²) in [5.74, 6) is 0. The molecule has 1 aromatic rings. The number of piperidine rings is 1. The molecule has 96 valence electrons. The first-order valence-electron chi connectivity index (χ1n) is 6.36. The first-order chi connectivity index (χ1) is 8.60. The fourth-order valence-electron chi connectivity index (χ4n) is 2.39. The maximum atomic E-state index is 8.91. The Hall–Kier alpha value is -1.73. The number of hydrogen-bond donors (Lipinski definition) is 2. The molecular formula is C14H20N4. The van der Waals surface area contributed by atoms with E-state index < -0.39 is 0 Å². The number of nitrogens with one attached hydrogen (secondary N) is 1. The smallest absolute Gasteiger partial charge is 0.0992 e. The molecule has 2 atom stereocenters. The monoisotopic (exact) mass is 244 g/mol. The summed E-state index contributed by atoms with van der Waals surface area (Å²) in [5.41, 5.74) is 8.18. The number of nitrogen functional groups attached to an aromatic ring is 1. The van der Waals surface area contributed by atoms with Gasteiger partial charge in [0, 0.05) is 18.6 Å². The predicted molar refractivity (Wildman–Crippen MR) is 74.3 cm³/mol. The third-order valence-corrected chi connectivity index (χ3v) is 3.75. The second-order valence-electron chi connectivity index (χ2n) is 5.11. The van der Waals surface area contributed by atoms with Crippen molar-refractivity contribution in [3.8, 4) is 6.07 Å². The minimum atomic E-state index is 0.437.